The van der Waals surface area contributed by atoms with Crippen molar-refractivity contribution in [2.24, 2.45) is 0 Å². The Labute approximate surface area is 149 Å². The number of hydrogen-bond donors (Lipinski definition) is 2. The summed E-state index contributed by atoms with van der Waals surface area (Å²) in [7, 11) is 0. The van der Waals surface area contributed by atoms with Gasteiger partial charge in [-0.3, -0.25) is 25.2 Å². The van der Waals surface area contributed by atoms with Gasteiger partial charge in [-0.25, -0.2) is 0 Å². The molecule has 2 aromatic rings. The molecule has 0 aliphatic carbocycles. The molecular formula is C17H17ClN2O3S. The number of halogens is 1. The molecule has 1 aromatic heterocycles. The lowest BCUT2D eigenvalue weighted by Crippen LogP contribution is -2.42. The van der Waals surface area contributed by atoms with Gasteiger partial charge >= 0.3 is 0 Å². The monoisotopic (exact) mass is 364 g/mol. The van der Waals surface area contributed by atoms with Crippen LogP contribution in [0.3, 0.4) is 0 Å². The van der Waals surface area contributed by atoms with Crippen molar-refractivity contribution in [2.45, 2.75) is 26.2 Å². The van der Waals surface area contributed by atoms with Crippen LogP contribution in [0, 0.1) is 6.92 Å². The number of ketones is 1. The van der Waals surface area contributed by atoms with Crippen molar-refractivity contribution in [2.75, 3.05) is 0 Å². The summed E-state index contributed by atoms with van der Waals surface area (Å²) in [6.45, 7) is 1.92. The Morgan fingerprint density at radius 3 is 2.25 bits per heavy atom. The largest absolute Gasteiger partial charge is 0.293 e. The maximum absolute atomic E-state index is 11.9. The highest BCUT2D eigenvalue weighted by Gasteiger charge is 2.11. The molecule has 0 saturated heterocycles. The van der Waals surface area contributed by atoms with E-state index in [1.54, 1.807) is 30.3 Å². The molecular weight excluding hydrogens is 348 g/mol. The molecule has 0 aliphatic heterocycles. The lowest BCUT2D eigenvalue weighted by molar-refractivity contribution is -0.128. The first-order chi connectivity index (χ1) is 11.4. The third-order valence-corrected chi connectivity index (χ3v) is 4.51. The molecule has 126 valence electrons. The van der Waals surface area contributed by atoms with Gasteiger partial charge in [-0.1, -0.05) is 23.7 Å². The summed E-state index contributed by atoms with van der Waals surface area (Å²) in [5.41, 5.74) is 5.43. The van der Waals surface area contributed by atoms with Crippen LogP contribution in [0.15, 0.2) is 36.4 Å². The molecule has 7 heteroatoms. The van der Waals surface area contributed by atoms with Crippen molar-refractivity contribution in [1.82, 2.24) is 10.9 Å². The van der Waals surface area contributed by atoms with Crippen LogP contribution in [0.25, 0.3) is 0 Å². The van der Waals surface area contributed by atoms with E-state index in [-0.39, 0.29) is 31.0 Å². The van der Waals surface area contributed by atoms with E-state index >= 15 is 0 Å². The first-order valence-electron chi connectivity index (χ1n) is 7.36. The van der Waals surface area contributed by atoms with Crippen LogP contribution >= 0.6 is 22.9 Å². The van der Waals surface area contributed by atoms with Gasteiger partial charge in [0, 0.05) is 22.7 Å². The number of Topliss-reactive ketones (excluding diaryl/α,β-unsaturated/α-hetero) is 1. The van der Waals surface area contributed by atoms with Gasteiger partial charge in [0.05, 0.1) is 11.3 Å². The van der Waals surface area contributed by atoms with E-state index in [1.807, 2.05) is 13.0 Å². The highest BCUT2D eigenvalue weighted by atomic mass is 35.5. The standard InChI is InChI=1S/C17H17ClN2O3S/c1-11-2-8-15(24-11)14(21)7-9-16(22)19-20-17(23)10-12-3-5-13(18)6-4-12/h2-6,8H,7,9-10H2,1H3,(H,19,22)(H,20,23). The second-order valence-corrected chi connectivity index (χ2v) is 6.96. The Kier molecular flexibility index (Phi) is 6.52. The SMILES string of the molecule is Cc1ccc(C(=O)CCC(=O)NNC(=O)Cc2ccc(Cl)cc2)s1. The van der Waals surface area contributed by atoms with Crippen LogP contribution in [-0.2, 0) is 16.0 Å². The minimum Gasteiger partial charge on any atom is -0.293 e. The molecule has 1 heterocycles. The smallest absolute Gasteiger partial charge is 0.242 e. The van der Waals surface area contributed by atoms with Crippen LogP contribution in [0.1, 0.15) is 33.0 Å². The summed E-state index contributed by atoms with van der Waals surface area (Å²) in [5.74, 6) is -0.817. The fourth-order valence-electron chi connectivity index (χ4n) is 1.97. The third-order valence-electron chi connectivity index (χ3n) is 3.21. The van der Waals surface area contributed by atoms with Crippen LogP contribution in [0.2, 0.25) is 5.02 Å². The van der Waals surface area contributed by atoms with Crippen LogP contribution in [0.4, 0.5) is 0 Å². The summed E-state index contributed by atoms with van der Waals surface area (Å²) < 4.78 is 0. The molecule has 0 fully saturated rings. The molecule has 0 spiro atoms. The average Bonchev–Trinajstić information content (AvgIpc) is 2.99. The van der Waals surface area contributed by atoms with E-state index in [1.165, 1.54) is 11.3 Å². The quantitative estimate of drug-likeness (QED) is 0.611. The highest BCUT2D eigenvalue weighted by molar-refractivity contribution is 7.14. The minimum absolute atomic E-state index is 0.0248. The normalized spacial score (nSPS) is 10.2. The maximum Gasteiger partial charge on any atom is 0.242 e. The Morgan fingerprint density at radius 2 is 1.62 bits per heavy atom. The van der Waals surface area contributed by atoms with E-state index < -0.39 is 5.91 Å². The number of carbonyl (C=O) groups excluding carboxylic acids is 3. The van der Waals surface area contributed by atoms with Crippen LogP contribution in [0.5, 0.6) is 0 Å². The average molecular weight is 365 g/mol. The van der Waals surface area contributed by atoms with Crippen molar-refractivity contribution >= 4 is 40.5 Å². The third kappa shape index (κ3) is 5.79. The zero-order valence-electron chi connectivity index (χ0n) is 13.1. The fourth-order valence-corrected chi connectivity index (χ4v) is 2.93. The molecule has 0 aliphatic rings. The molecule has 2 amide bonds. The fraction of sp³-hybridized carbons (Fsp3) is 0.235. The van der Waals surface area contributed by atoms with Crippen molar-refractivity contribution in [3.8, 4) is 0 Å². The summed E-state index contributed by atoms with van der Waals surface area (Å²) in [4.78, 5) is 37.0. The number of nitrogens with one attached hydrogen (secondary N) is 2. The van der Waals surface area contributed by atoms with E-state index in [2.05, 4.69) is 10.9 Å². The second kappa shape index (κ2) is 8.61. The van der Waals surface area contributed by atoms with Gasteiger partial charge < -0.3 is 0 Å². The molecule has 24 heavy (non-hydrogen) atoms. The highest BCUT2D eigenvalue weighted by Crippen LogP contribution is 2.17. The molecule has 0 atom stereocenters. The minimum atomic E-state index is -0.402. The van der Waals surface area contributed by atoms with Crippen molar-refractivity contribution in [1.29, 1.82) is 0 Å². The topological polar surface area (TPSA) is 75.3 Å². The Morgan fingerprint density at radius 1 is 0.958 bits per heavy atom. The Hall–Kier alpha value is -2.18. The van der Waals surface area contributed by atoms with Crippen LogP contribution < -0.4 is 10.9 Å². The predicted molar refractivity (Wildman–Crippen MR) is 94.1 cm³/mol. The lowest BCUT2D eigenvalue weighted by atomic mass is 10.1. The first-order valence-corrected chi connectivity index (χ1v) is 8.55. The zero-order valence-corrected chi connectivity index (χ0v) is 14.7. The molecule has 1 aromatic carbocycles. The molecule has 0 radical (unpaired) electrons. The number of carbonyl (C=O) groups is 3. The number of thiophene rings is 1. The summed E-state index contributed by atoms with van der Waals surface area (Å²) in [6.07, 6.45) is 0.265. The number of aryl methyl sites for hydroxylation is 1. The van der Waals surface area contributed by atoms with Crippen molar-refractivity contribution < 1.29 is 14.4 Å². The molecule has 2 N–H and O–H groups in total. The molecule has 2 rings (SSSR count). The van der Waals surface area contributed by atoms with Crippen molar-refractivity contribution in [3.63, 3.8) is 0 Å². The lowest BCUT2D eigenvalue weighted by Gasteiger charge is -2.07. The number of benzene rings is 1. The number of hydrogen-bond acceptors (Lipinski definition) is 4. The van der Waals surface area contributed by atoms with Gasteiger partial charge in [-0.05, 0) is 36.8 Å². The number of rotatable bonds is 6. The summed E-state index contributed by atoms with van der Waals surface area (Å²) in [6, 6.07) is 10.5. The Bertz CT molecular complexity index is 741. The molecule has 5 nitrogen and oxygen atoms in total. The second-order valence-electron chi connectivity index (χ2n) is 5.23. The van der Waals surface area contributed by atoms with Gasteiger partial charge in [-0.15, -0.1) is 11.3 Å². The van der Waals surface area contributed by atoms with Gasteiger partial charge in [0.25, 0.3) is 0 Å². The van der Waals surface area contributed by atoms with Crippen LogP contribution in [-0.4, -0.2) is 17.6 Å². The van der Waals surface area contributed by atoms with Gasteiger partial charge in [0.2, 0.25) is 11.8 Å². The zero-order chi connectivity index (χ0) is 17.5. The number of hydrazine groups is 1. The van der Waals surface area contributed by atoms with Gasteiger partial charge in [0.1, 0.15) is 0 Å². The van der Waals surface area contributed by atoms with E-state index in [9.17, 15) is 14.4 Å². The molecule has 0 saturated carbocycles. The van der Waals surface area contributed by atoms with Crippen molar-refractivity contribution in [3.05, 3.63) is 56.7 Å². The van der Waals surface area contributed by atoms with E-state index in [0.29, 0.717) is 9.90 Å². The summed E-state index contributed by atoms with van der Waals surface area (Å²) >= 11 is 7.18. The first kappa shape index (κ1) is 18.2. The number of amides is 2. The maximum atomic E-state index is 11.9. The summed E-state index contributed by atoms with van der Waals surface area (Å²) in [5, 5.41) is 0.595. The van der Waals surface area contributed by atoms with E-state index in [0.717, 1.165) is 10.4 Å². The van der Waals surface area contributed by atoms with E-state index in [4.69, 9.17) is 11.6 Å². The van der Waals surface area contributed by atoms with Gasteiger partial charge in [0.15, 0.2) is 5.78 Å². The Balaban J connectivity index is 1.69. The predicted octanol–water partition coefficient (Wildman–Crippen LogP) is 3.06. The van der Waals surface area contributed by atoms with Gasteiger partial charge in [-0.2, -0.15) is 0 Å². The molecule has 0 unspecified atom stereocenters. The molecule has 0 bridgehead atoms.